The first-order chi connectivity index (χ1) is 8.70. The lowest BCUT2D eigenvalue weighted by Gasteiger charge is -2.20. The molecule has 96 valence electrons. The van der Waals surface area contributed by atoms with Gasteiger partial charge >= 0.3 is 0 Å². The van der Waals surface area contributed by atoms with E-state index in [1.54, 1.807) is 6.92 Å². The Kier molecular flexibility index (Phi) is 4.10. The Bertz CT molecular complexity index is 480. The highest BCUT2D eigenvalue weighted by molar-refractivity contribution is 6.03. The Morgan fingerprint density at radius 1 is 1.39 bits per heavy atom. The van der Waals surface area contributed by atoms with Crippen molar-refractivity contribution in [3.8, 4) is 0 Å². The van der Waals surface area contributed by atoms with E-state index in [1.165, 1.54) is 0 Å². The molecule has 0 saturated carbocycles. The summed E-state index contributed by atoms with van der Waals surface area (Å²) in [4.78, 5) is 4.68. The summed E-state index contributed by atoms with van der Waals surface area (Å²) < 4.78 is 5.50. The zero-order valence-corrected chi connectivity index (χ0v) is 10.8. The van der Waals surface area contributed by atoms with Gasteiger partial charge in [-0.15, -0.1) is 0 Å². The molecule has 1 aromatic rings. The number of oxime groups is 1. The third-order valence-electron chi connectivity index (χ3n) is 3.04. The monoisotopic (exact) mass is 246 g/mol. The molecular formula is C14H18N2O2. The predicted molar refractivity (Wildman–Crippen MR) is 72.2 cm³/mol. The van der Waals surface area contributed by atoms with Gasteiger partial charge in [-0.2, -0.15) is 0 Å². The molecule has 1 fully saturated rings. The summed E-state index contributed by atoms with van der Waals surface area (Å²) >= 11 is 0. The van der Waals surface area contributed by atoms with Crippen LogP contribution in [0.25, 0.3) is 0 Å². The average molecular weight is 246 g/mol. The second kappa shape index (κ2) is 5.78. The van der Waals surface area contributed by atoms with Gasteiger partial charge in [-0.3, -0.25) is 4.99 Å². The van der Waals surface area contributed by atoms with Gasteiger partial charge in [-0.25, -0.2) is 0 Å². The average Bonchev–Trinajstić information content (AvgIpc) is 2.38. The molecule has 1 N–H and O–H groups in total. The second-order valence-corrected chi connectivity index (χ2v) is 4.52. The summed E-state index contributed by atoms with van der Waals surface area (Å²) in [5, 5.41) is 12.1. The lowest BCUT2D eigenvalue weighted by atomic mass is 10.1. The first kappa shape index (κ1) is 12.8. The number of para-hydroxylation sites is 1. The van der Waals surface area contributed by atoms with Crippen molar-refractivity contribution in [2.24, 2.45) is 10.1 Å². The van der Waals surface area contributed by atoms with Gasteiger partial charge in [0.05, 0.1) is 24.1 Å². The fourth-order valence-corrected chi connectivity index (χ4v) is 2.07. The maximum Gasteiger partial charge on any atom is 0.0858 e. The minimum atomic E-state index is 0.234. The summed E-state index contributed by atoms with van der Waals surface area (Å²) in [7, 11) is 0. The summed E-state index contributed by atoms with van der Waals surface area (Å²) in [6.07, 6.45) is 1.97. The molecule has 1 aliphatic heterocycles. The van der Waals surface area contributed by atoms with Crippen LogP contribution in [-0.4, -0.2) is 29.3 Å². The Morgan fingerprint density at radius 3 is 2.89 bits per heavy atom. The zero-order chi connectivity index (χ0) is 13.0. The first-order valence-electron chi connectivity index (χ1n) is 6.17. The largest absolute Gasteiger partial charge is 0.411 e. The molecule has 0 aromatic heterocycles. The van der Waals surface area contributed by atoms with E-state index in [0.29, 0.717) is 5.71 Å². The SMILES string of the molecule is C/C(=N\O)c1ccccc1N=C1CCOC(C)C1. The summed E-state index contributed by atoms with van der Waals surface area (Å²) in [6.45, 7) is 4.56. The van der Waals surface area contributed by atoms with Crippen molar-refractivity contribution in [3.63, 3.8) is 0 Å². The van der Waals surface area contributed by atoms with Crippen LogP contribution in [-0.2, 0) is 4.74 Å². The molecular weight excluding hydrogens is 228 g/mol. The highest BCUT2D eigenvalue weighted by Gasteiger charge is 2.15. The molecule has 4 heteroatoms. The molecule has 1 aliphatic rings. The second-order valence-electron chi connectivity index (χ2n) is 4.52. The van der Waals surface area contributed by atoms with Crippen molar-refractivity contribution in [3.05, 3.63) is 29.8 Å². The molecule has 0 amide bonds. The van der Waals surface area contributed by atoms with Crippen molar-refractivity contribution in [1.82, 2.24) is 0 Å². The zero-order valence-electron chi connectivity index (χ0n) is 10.8. The molecule has 18 heavy (non-hydrogen) atoms. The lowest BCUT2D eigenvalue weighted by molar-refractivity contribution is 0.0634. The molecule has 1 atom stereocenters. The molecule has 0 aliphatic carbocycles. The summed E-state index contributed by atoms with van der Waals surface area (Å²) in [5.74, 6) is 0. The van der Waals surface area contributed by atoms with E-state index < -0.39 is 0 Å². The Hall–Kier alpha value is -1.68. The topological polar surface area (TPSA) is 54.2 Å². The van der Waals surface area contributed by atoms with Gasteiger partial charge in [-0.05, 0) is 19.9 Å². The number of hydrogen-bond donors (Lipinski definition) is 1. The van der Waals surface area contributed by atoms with E-state index in [1.807, 2.05) is 24.3 Å². The van der Waals surface area contributed by atoms with Crippen LogP contribution >= 0.6 is 0 Å². The van der Waals surface area contributed by atoms with Gasteiger partial charge < -0.3 is 9.94 Å². The van der Waals surface area contributed by atoms with Crippen LogP contribution in [0.5, 0.6) is 0 Å². The highest BCUT2D eigenvalue weighted by atomic mass is 16.5. The number of rotatable bonds is 2. The molecule has 4 nitrogen and oxygen atoms in total. The third kappa shape index (κ3) is 2.96. The number of ether oxygens (including phenoxy) is 1. The predicted octanol–water partition coefficient (Wildman–Crippen LogP) is 3.16. The van der Waals surface area contributed by atoms with Crippen molar-refractivity contribution >= 4 is 17.1 Å². The van der Waals surface area contributed by atoms with Gasteiger partial charge in [-0.1, -0.05) is 23.4 Å². The van der Waals surface area contributed by atoms with Gasteiger partial charge in [0.2, 0.25) is 0 Å². The van der Waals surface area contributed by atoms with Crippen molar-refractivity contribution in [2.45, 2.75) is 32.8 Å². The van der Waals surface area contributed by atoms with Crippen LogP contribution in [0, 0.1) is 0 Å². The number of nitrogens with zero attached hydrogens (tertiary/aromatic N) is 2. The number of hydrogen-bond acceptors (Lipinski definition) is 4. The molecule has 2 rings (SSSR count). The van der Waals surface area contributed by atoms with Gasteiger partial charge in [0, 0.05) is 24.1 Å². The van der Waals surface area contributed by atoms with Crippen LogP contribution < -0.4 is 0 Å². The van der Waals surface area contributed by atoms with Crippen molar-refractivity contribution in [2.75, 3.05) is 6.61 Å². The van der Waals surface area contributed by atoms with E-state index in [9.17, 15) is 0 Å². The number of benzene rings is 1. The molecule has 0 spiro atoms. The smallest absolute Gasteiger partial charge is 0.0858 e. The van der Waals surface area contributed by atoms with Gasteiger partial charge in [0.15, 0.2) is 0 Å². The fourth-order valence-electron chi connectivity index (χ4n) is 2.07. The molecule has 0 radical (unpaired) electrons. The Labute approximate surface area is 107 Å². The Morgan fingerprint density at radius 2 is 2.17 bits per heavy atom. The van der Waals surface area contributed by atoms with Crippen LogP contribution in [0.1, 0.15) is 32.3 Å². The standard InChI is InChI=1S/C14H18N2O2/c1-10-9-12(7-8-18-10)15-14-6-4-3-5-13(14)11(2)16-17/h3-6,10,17H,7-9H2,1-2H3/b15-12?,16-11+. The van der Waals surface area contributed by atoms with Crippen molar-refractivity contribution in [1.29, 1.82) is 0 Å². The van der Waals surface area contributed by atoms with Crippen LogP contribution in [0.2, 0.25) is 0 Å². The van der Waals surface area contributed by atoms with Crippen LogP contribution in [0.4, 0.5) is 5.69 Å². The van der Waals surface area contributed by atoms with E-state index in [0.717, 1.165) is 36.4 Å². The first-order valence-corrected chi connectivity index (χ1v) is 6.17. The quantitative estimate of drug-likeness (QED) is 0.495. The lowest BCUT2D eigenvalue weighted by Crippen LogP contribution is -2.22. The maximum absolute atomic E-state index is 8.88. The minimum Gasteiger partial charge on any atom is -0.411 e. The van der Waals surface area contributed by atoms with E-state index >= 15 is 0 Å². The van der Waals surface area contributed by atoms with Gasteiger partial charge in [0.1, 0.15) is 0 Å². The maximum atomic E-state index is 8.88. The Balaban J connectivity index is 2.31. The van der Waals surface area contributed by atoms with Gasteiger partial charge in [0.25, 0.3) is 0 Å². The minimum absolute atomic E-state index is 0.234. The van der Waals surface area contributed by atoms with Crippen LogP contribution in [0.15, 0.2) is 34.4 Å². The molecule has 1 saturated heterocycles. The van der Waals surface area contributed by atoms with E-state index in [2.05, 4.69) is 17.1 Å². The molecule has 1 heterocycles. The highest BCUT2D eigenvalue weighted by Crippen LogP contribution is 2.22. The fraction of sp³-hybridized carbons (Fsp3) is 0.429. The molecule has 1 unspecified atom stereocenters. The number of aliphatic imine (C=N–C) groups is 1. The van der Waals surface area contributed by atoms with E-state index in [-0.39, 0.29) is 6.10 Å². The van der Waals surface area contributed by atoms with Crippen LogP contribution in [0.3, 0.4) is 0 Å². The molecule has 0 bridgehead atoms. The third-order valence-corrected chi connectivity index (χ3v) is 3.04. The summed E-state index contributed by atoms with van der Waals surface area (Å²) in [5.41, 5.74) is 3.45. The van der Waals surface area contributed by atoms with Crippen molar-refractivity contribution < 1.29 is 9.94 Å². The van der Waals surface area contributed by atoms with E-state index in [4.69, 9.17) is 9.94 Å². The summed E-state index contributed by atoms with van der Waals surface area (Å²) in [6, 6.07) is 7.71. The normalized spacial score (nSPS) is 23.3. The molecule has 1 aromatic carbocycles.